The molecule has 0 spiro atoms. The van der Waals surface area contributed by atoms with E-state index in [0.717, 1.165) is 12.0 Å². The van der Waals surface area contributed by atoms with Crippen LogP contribution in [0.2, 0.25) is 5.02 Å². The molecule has 0 aliphatic heterocycles. The largest absolute Gasteiger partial charge is 0.367 e. The molecule has 0 aliphatic rings. The van der Waals surface area contributed by atoms with Crippen molar-refractivity contribution in [2.45, 2.75) is 20.3 Å². The second-order valence-corrected chi connectivity index (χ2v) is 5.01. The van der Waals surface area contributed by atoms with Gasteiger partial charge in [-0.3, -0.25) is 0 Å². The van der Waals surface area contributed by atoms with Gasteiger partial charge in [-0.25, -0.2) is 4.39 Å². The van der Waals surface area contributed by atoms with E-state index in [2.05, 4.69) is 19.0 Å². The van der Waals surface area contributed by atoms with E-state index in [0.29, 0.717) is 17.2 Å². The smallest absolute Gasteiger partial charge is 0.225 e. The number of rotatable bonds is 3. The first-order chi connectivity index (χ1) is 8.49. The van der Waals surface area contributed by atoms with Crippen LogP contribution in [-0.4, -0.2) is 5.16 Å². The van der Waals surface area contributed by atoms with Crippen LogP contribution in [0.25, 0.3) is 11.3 Å². The van der Waals surface area contributed by atoms with Gasteiger partial charge in [0, 0.05) is 11.1 Å². The van der Waals surface area contributed by atoms with Crippen molar-refractivity contribution in [3.05, 3.63) is 34.6 Å². The van der Waals surface area contributed by atoms with Crippen LogP contribution >= 0.6 is 11.6 Å². The van der Waals surface area contributed by atoms with Crippen molar-refractivity contribution < 1.29 is 8.91 Å². The van der Waals surface area contributed by atoms with Gasteiger partial charge < -0.3 is 10.3 Å². The first-order valence-corrected chi connectivity index (χ1v) is 6.06. The van der Waals surface area contributed by atoms with Gasteiger partial charge >= 0.3 is 0 Å². The number of aromatic nitrogens is 1. The number of anilines is 1. The molecule has 96 valence electrons. The van der Waals surface area contributed by atoms with Gasteiger partial charge in [-0.1, -0.05) is 36.7 Å². The average Bonchev–Trinajstić information content (AvgIpc) is 2.64. The maximum absolute atomic E-state index is 13.4. The standard InChI is InChI=1S/C13H14ClFN2O/c1-7(2)5-9-12(17-18-13(9)16)8-3-4-10(14)11(15)6-8/h3-4,6-7H,5,16H2,1-2H3. The summed E-state index contributed by atoms with van der Waals surface area (Å²) in [7, 11) is 0. The van der Waals surface area contributed by atoms with Crippen molar-refractivity contribution in [1.29, 1.82) is 0 Å². The predicted molar refractivity (Wildman–Crippen MR) is 69.9 cm³/mol. The van der Waals surface area contributed by atoms with Gasteiger partial charge in [-0.05, 0) is 24.5 Å². The van der Waals surface area contributed by atoms with E-state index in [1.54, 1.807) is 6.07 Å². The summed E-state index contributed by atoms with van der Waals surface area (Å²) in [5.74, 6) is 0.211. The number of halogens is 2. The Labute approximate surface area is 110 Å². The summed E-state index contributed by atoms with van der Waals surface area (Å²) in [6.07, 6.45) is 0.731. The van der Waals surface area contributed by atoms with Gasteiger partial charge in [0.15, 0.2) is 0 Å². The summed E-state index contributed by atoms with van der Waals surface area (Å²) in [5, 5.41) is 3.98. The molecule has 18 heavy (non-hydrogen) atoms. The quantitative estimate of drug-likeness (QED) is 0.918. The molecule has 0 bridgehead atoms. The Balaban J connectivity index is 2.47. The van der Waals surface area contributed by atoms with Gasteiger partial charge in [0.25, 0.3) is 0 Å². The number of nitrogen functional groups attached to an aromatic ring is 1. The third-order valence-corrected chi connectivity index (χ3v) is 2.93. The van der Waals surface area contributed by atoms with E-state index < -0.39 is 5.82 Å². The van der Waals surface area contributed by atoms with E-state index in [1.165, 1.54) is 12.1 Å². The van der Waals surface area contributed by atoms with E-state index in [4.69, 9.17) is 21.9 Å². The molecule has 5 heteroatoms. The van der Waals surface area contributed by atoms with Crippen LogP contribution in [0.3, 0.4) is 0 Å². The minimum Gasteiger partial charge on any atom is -0.367 e. The molecule has 0 amide bonds. The molecule has 2 N–H and O–H groups in total. The number of hydrogen-bond acceptors (Lipinski definition) is 3. The van der Waals surface area contributed by atoms with Crippen LogP contribution in [0.5, 0.6) is 0 Å². The Kier molecular flexibility index (Phi) is 3.57. The summed E-state index contributed by atoms with van der Waals surface area (Å²) in [5.41, 5.74) is 7.76. The SMILES string of the molecule is CC(C)Cc1c(-c2ccc(Cl)c(F)c2)noc1N. The Morgan fingerprint density at radius 1 is 1.44 bits per heavy atom. The number of hydrogen-bond donors (Lipinski definition) is 1. The number of benzene rings is 1. The zero-order valence-corrected chi connectivity index (χ0v) is 11.0. The topological polar surface area (TPSA) is 52.0 Å². The molecule has 1 heterocycles. The normalized spacial score (nSPS) is 11.2. The molecule has 2 aromatic rings. The molecule has 0 unspecified atom stereocenters. The predicted octanol–water partition coefficient (Wildman–Crippen LogP) is 3.91. The van der Waals surface area contributed by atoms with Crippen molar-refractivity contribution >= 4 is 17.5 Å². The molecule has 0 saturated carbocycles. The fourth-order valence-electron chi connectivity index (χ4n) is 1.80. The Morgan fingerprint density at radius 2 is 2.17 bits per heavy atom. The van der Waals surface area contributed by atoms with Gasteiger partial charge in [-0.15, -0.1) is 0 Å². The number of nitrogens with zero attached hydrogens (tertiary/aromatic N) is 1. The Morgan fingerprint density at radius 3 is 2.78 bits per heavy atom. The van der Waals surface area contributed by atoms with Crippen LogP contribution in [0.1, 0.15) is 19.4 Å². The highest BCUT2D eigenvalue weighted by Crippen LogP contribution is 2.30. The summed E-state index contributed by atoms with van der Waals surface area (Å²) in [6, 6.07) is 4.53. The van der Waals surface area contributed by atoms with Crippen LogP contribution in [0, 0.1) is 11.7 Å². The molecule has 1 aromatic carbocycles. The Bertz CT molecular complexity index is 566. The fraction of sp³-hybridized carbons (Fsp3) is 0.308. The average molecular weight is 269 g/mol. The van der Waals surface area contributed by atoms with Crippen molar-refractivity contribution in [3.63, 3.8) is 0 Å². The highest BCUT2D eigenvalue weighted by Gasteiger charge is 2.17. The molecular weight excluding hydrogens is 255 g/mol. The maximum Gasteiger partial charge on any atom is 0.225 e. The maximum atomic E-state index is 13.4. The second-order valence-electron chi connectivity index (χ2n) is 4.60. The highest BCUT2D eigenvalue weighted by molar-refractivity contribution is 6.30. The number of nitrogens with two attached hydrogens (primary N) is 1. The first kappa shape index (κ1) is 12.9. The lowest BCUT2D eigenvalue weighted by atomic mass is 9.99. The third-order valence-electron chi connectivity index (χ3n) is 2.62. The molecule has 3 nitrogen and oxygen atoms in total. The zero-order valence-electron chi connectivity index (χ0n) is 10.2. The van der Waals surface area contributed by atoms with Crippen molar-refractivity contribution in [1.82, 2.24) is 5.16 Å². The first-order valence-electron chi connectivity index (χ1n) is 5.68. The third kappa shape index (κ3) is 2.48. The molecule has 0 radical (unpaired) electrons. The lowest BCUT2D eigenvalue weighted by molar-refractivity contribution is 0.438. The molecule has 1 aromatic heterocycles. The molecular formula is C13H14ClFN2O. The summed E-state index contributed by atoms with van der Waals surface area (Å²) in [4.78, 5) is 0. The molecule has 0 aliphatic carbocycles. The monoisotopic (exact) mass is 268 g/mol. The summed E-state index contributed by atoms with van der Waals surface area (Å²) < 4.78 is 18.4. The highest BCUT2D eigenvalue weighted by atomic mass is 35.5. The zero-order chi connectivity index (χ0) is 13.3. The van der Waals surface area contributed by atoms with Crippen LogP contribution in [0.4, 0.5) is 10.3 Å². The molecule has 0 atom stereocenters. The van der Waals surface area contributed by atoms with Gasteiger partial charge in [0.2, 0.25) is 5.88 Å². The van der Waals surface area contributed by atoms with Gasteiger partial charge in [0.05, 0.1) is 5.02 Å². The van der Waals surface area contributed by atoms with E-state index in [9.17, 15) is 4.39 Å². The minimum atomic E-state index is -0.480. The van der Waals surface area contributed by atoms with Crippen molar-refractivity contribution in [2.24, 2.45) is 5.92 Å². The lowest BCUT2D eigenvalue weighted by Gasteiger charge is -2.05. The minimum absolute atomic E-state index is 0.0839. The fourth-order valence-corrected chi connectivity index (χ4v) is 1.92. The van der Waals surface area contributed by atoms with Crippen LogP contribution < -0.4 is 5.73 Å². The van der Waals surface area contributed by atoms with E-state index >= 15 is 0 Å². The van der Waals surface area contributed by atoms with E-state index in [1.807, 2.05) is 0 Å². The summed E-state index contributed by atoms with van der Waals surface area (Å²) in [6.45, 7) is 4.14. The van der Waals surface area contributed by atoms with Gasteiger partial charge in [-0.2, -0.15) is 0 Å². The van der Waals surface area contributed by atoms with Gasteiger partial charge in [0.1, 0.15) is 11.5 Å². The molecule has 2 rings (SSSR count). The Hall–Kier alpha value is -1.55. The van der Waals surface area contributed by atoms with Crippen molar-refractivity contribution in [2.75, 3.05) is 5.73 Å². The van der Waals surface area contributed by atoms with Crippen LogP contribution in [0.15, 0.2) is 22.7 Å². The summed E-state index contributed by atoms with van der Waals surface area (Å²) >= 11 is 5.65. The molecule has 0 saturated heterocycles. The second kappa shape index (κ2) is 4.98. The molecule has 0 fully saturated rings. The van der Waals surface area contributed by atoms with Crippen LogP contribution in [-0.2, 0) is 6.42 Å². The van der Waals surface area contributed by atoms with E-state index in [-0.39, 0.29) is 10.9 Å². The van der Waals surface area contributed by atoms with Crippen molar-refractivity contribution in [3.8, 4) is 11.3 Å². The lowest BCUT2D eigenvalue weighted by Crippen LogP contribution is -1.98.